The summed E-state index contributed by atoms with van der Waals surface area (Å²) in [7, 11) is 1.72. The maximum absolute atomic E-state index is 11.6. The van der Waals surface area contributed by atoms with Crippen molar-refractivity contribution in [2.24, 2.45) is 5.73 Å². The normalized spacial score (nSPS) is 12.5. The van der Waals surface area contributed by atoms with Gasteiger partial charge in [-0.3, -0.25) is 4.79 Å². The number of furan rings is 1. The lowest BCUT2D eigenvalue weighted by atomic mass is 10.2. The molecule has 0 bridgehead atoms. The summed E-state index contributed by atoms with van der Waals surface area (Å²) in [5, 5.41) is 0. The lowest BCUT2D eigenvalue weighted by Gasteiger charge is -2.19. The molecule has 1 rings (SSSR count). The Morgan fingerprint density at radius 3 is 2.80 bits per heavy atom. The van der Waals surface area contributed by atoms with Gasteiger partial charge >= 0.3 is 0 Å². The van der Waals surface area contributed by atoms with E-state index in [4.69, 9.17) is 10.2 Å². The van der Waals surface area contributed by atoms with Crippen LogP contribution in [0, 0.1) is 0 Å². The smallest absolute Gasteiger partial charge is 0.239 e. The van der Waals surface area contributed by atoms with E-state index in [1.807, 2.05) is 13.0 Å². The largest absolute Gasteiger partial charge is 0.452 e. The summed E-state index contributed by atoms with van der Waals surface area (Å²) in [4.78, 5) is 13.2. The van der Waals surface area contributed by atoms with Gasteiger partial charge in [0.2, 0.25) is 5.91 Å². The molecule has 0 fully saturated rings. The third-order valence-corrected chi connectivity index (χ3v) is 2.58. The first-order valence-electron chi connectivity index (χ1n) is 4.79. The number of amides is 1. The molecule has 0 aliphatic heterocycles. The van der Waals surface area contributed by atoms with Gasteiger partial charge in [-0.25, -0.2) is 0 Å². The number of nitrogens with two attached hydrogens (primary N) is 1. The van der Waals surface area contributed by atoms with Crippen molar-refractivity contribution < 1.29 is 9.21 Å². The Morgan fingerprint density at radius 1 is 1.67 bits per heavy atom. The van der Waals surface area contributed by atoms with E-state index in [1.165, 1.54) is 0 Å². The molecule has 0 spiro atoms. The first-order chi connectivity index (χ1) is 7.04. The van der Waals surface area contributed by atoms with E-state index in [0.29, 0.717) is 17.6 Å². The van der Waals surface area contributed by atoms with Gasteiger partial charge in [-0.15, -0.1) is 0 Å². The van der Waals surface area contributed by atoms with Gasteiger partial charge < -0.3 is 15.1 Å². The number of rotatable bonds is 4. The zero-order valence-electron chi connectivity index (χ0n) is 8.87. The van der Waals surface area contributed by atoms with Crippen LogP contribution in [0.3, 0.4) is 0 Å². The number of carbonyl (C=O) groups excluding carboxylic acids is 1. The van der Waals surface area contributed by atoms with Gasteiger partial charge in [-0.2, -0.15) is 0 Å². The standard InChI is InChI=1S/C10H15BrN2O2/c1-3-8(12)10(14)13(2)6-7-4-5-9(11)15-7/h4-5,8H,3,6,12H2,1-2H3. The maximum atomic E-state index is 11.6. The highest BCUT2D eigenvalue weighted by molar-refractivity contribution is 9.10. The quantitative estimate of drug-likeness (QED) is 0.910. The lowest BCUT2D eigenvalue weighted by Crippen LogP contribution is -2.40. The van der Waals surface area contributed by atoms with Gasteiger partial charge in [-0.1, -0.05) is 6.92 Å². The van der Waals surface area contributed by atoms with Crippen LogP contribution in [0.15, 0.2) is 21.2 Å². The molecule has 0 aliphatic carbocycles. The van der Waals surface area contributed by atoms with E-state index >= 15 is 0 Å². The van der Waals surface area contributed by atoms with Gasteiger partial charge in [0.25, 0.3) is 0 Å². The fraction of sp³-hybridized carbons (Fsp3) is 0.500. The highest BCUT2D eigenvalue weighted by atomic mass is 79.9. The molecule has 4 nitrogen and oxygen atoms in total. The van der Waals surface area contributed by atoms with Crippen LogP contribution in [0.25, 0.3) is 0 Å². The Balaban J connectivity index is 2.55. The van der Waals surface area contributed by atoms with E-state index < -0.39 is 6.04 Å². The Morgan fingerprint density at radius 2 is 2.33 bits per heavy atom. The molecular weight excluding hydrogens is 260 g/mol. The van der Waals surface area contributed by atoms with Crippen molar-refractivity contribution in [1.29, 1.82) is 0 Å². The van der Waals surface area contributed by atoms with E-state index in [0.717, 1.165) is 5.76 Å². The lowest BCUT2D eigenvalue weighted by molar-refractivity contribution is -0.132. The van der Waals surface area contributed by atoms with Gasteiger partial charge in [0.1, 0.15) is 5.76 Å². The van der Waals surface area contributed by atoms with Crippen molar-refractivity contribution in [2.75, 3.05) is 7.05 Å². The molecule has 15 heavy (non-hydrogen) atoms. The fourth-order valence-electron chi connectivity index (χ4n) is 1.21. The molecule has 1 aromatic rings. The topological polar surface area (TPSA) is 59.5 Å². The molecule has 2 N–H and O–H groups in total. The van der Waals surface area contributed by atoms with Gasteiger partial charge in [0, 0.05) is 7.05 Å². The minimum atomic E-state index is -0.423. The van der Waals surface area contributed by atoms with Crippen molar-refractivity contribution in [1.82, 2.24) is 4.90 Å². The van der Waals surface area contributed by atoms with Crippen molar-refractivity contribution in [3.63, 3.8) is 0 Å². The minimum absolute atomic E-state index is 0.0648. The molecule has 0 aliphatic rings. The molecule has 84 valence electrons. The second kappa shape index (κ2) is 5.32. The van der Waals surface area contributed by atoms with Crippen molar-refractivity contribution >= 4 is 21.8 Å². The zero-order valence-corrected chi connectivity index (χ0v) is 10.5. The summed E-state index contributed by atoms with van der Waals surface area (Å²) in [6.07, 6.45) is 0.644. The van der Waals surface area contributed by atoms with E-state index in [1.54, 1.807) is 18.0 Å². The Kier molecular flexibility index (Phi) is 4.35. The number of hydrogen-bond acceptors (Lipinski definition) is 3. The predicted molar refractivity (Wildman–Crippen MR) is 61.1 cm³/mol. The van der Waals surface area contributed by atoms with Gasteiger partial charge in [0.15, 0.2) is 4.67 Å². The van der Waals surface area contributed by atoms with Crippen LogP contribution in [-0.2, 0) is 11.3 Å². The van der Waals surface area contributed by atoms with Crippen LogP contribution in [0.5, 0.6) is 0 Å². The molecule has 0 aromatic carbocycles. The van der Waals surface area contributed by atoms with Crippen molar-refractivity contribution in [3.8, 4) is 0 Å². The van der Waals surface area contributed by atoms with Crippen LogP contribution in [0.2, 0.25) is 0 Å². The summed E-state index contributed by atoms with van der Waals surface area (Å²) in [6, 6.07) is 3.20. The third-order valence-electron chi connectivity index (χ3n) is 2.16. The first-order valence-corrected chi connectivity index (χ1v) is 5.58. The molecule has 1 atom stereocenters. The van der Waals surface area contributed by atoms with Crippen molar-refractivity contribution in [3.05, 3.63) is 22.6 Å². The maximum Gasteiger partial charge on any atom is 0.239 e. The third kappa shape index (κ3) is 3.35. The fourth-order valence-corrected chi connectivity index (χ4v) is 1.55. The molecule has 0 saturated carbocycles. The zero-order chi connectivity index (χ0) is 11.4. The van der Waals surface area contributed by atoms with Crippen LogP contribution >= 0.6 is 15.9 Å². The summed E-state index contributed by atoms with van der Waals surface area (Å²) < 4.78 is 5.96. The summed E-state index contributed by atoms with van der Waals surface area (Å²) in [5.74, 6) is 0.672. The Hall–Kier alpha value is -0.810. The second-order valence-electron chi connectivity index (χ2n) is 3.41. The number of likely N-dealkylation sites (N-methyl/N-ethyl adjacent to an activating group) is 1. The summed E-state index contributed by atoms with van der Waals surface area (Å²) >= 11 is 3.21. The highest BCUT2D eigenvalue weighted by Crippen LogP contribution is 2.15. The van der Waals surface area contributed by atoms with Gasteiger partial charge in [0.05, 0.1) is 12.6 Å². The number of halogens is 1. The van der Waals surface area contributed by atoms with E-state index in [9.17, 15) is 4.79 Å². The molecule has 5 heteroatoms. The van der Waals surface area contributed by atoms with Crippen LogP contribution in [0.4, 0.5) is 0 Å². The molecule has 1 unspecified atom stereocenters. The monoisotopic (exact) mass is 274 g/mol. The molecule has 0 saturated heterocycles. The molecule has 1 aromatic heterocycles. The van der Waals surface area contributed by atoms with Crippen LogP contribution in [0.1, 0.15) is 19.1 Å². The van der Waals surface area contributed by atoms with Gasteiger partial charge in [-0.05, 0) is 34.5 Å². The average Bonchev–Trinajstić information content (AvgIpc) is 2.61. The van der Waals surface area contributed by atoms with Crippen LogP contribution < -0.4 is 5.73 Å². The summed E-state index contributed by atoms with van der Waals surface area (Å²) in [6.45, 7) is 2.33. The van der Waals surface area contributed by atoms with E-state index in [-0.39, 0.29) is 5.91 Å². The minimum Gasteiger partial charge on any atom is -0.452 e. The SMILES string of the molecule is CCC(N)C(=O)N(C)Cc1ccc(Br)o1. The molecular formula is C10H15BrN2O2. The molecule has 1 heterocycles. The average molecular weight is 275 g/mol. The second-order valence-corrected chi connectivity index (χ2v) is 4.20. The van der Waals surface area contributed by atoms with Crippen molar-refractivity contribution in [2.45, 2.75) is 25.9 Å². The number of hydrogen-bond donors (Lipinski definition) is 1. The van der Waals surface area contributed by atoms with Crippen LogP contribution in [-0.4, -0.2) is 23.9 Å². The Bertz CT molecular complexity index is 338. The Labute approximate surface area is 97.5 Å². The van der Waals surface area contributed by atoms with E-state index in [2.05, 4.69) is 15.9 Å². The predicted octanol–water partition coefficient (Wildman–Crippen LogP) is 1.74. The number of nitrogens with zero attached hydrogens (tertiary/aromatic N) is 1. The summed E-state index contributed by atoms with van der Waals surface area (Å²) in [5.41, 5.74) is 5.65. The first kappa shape index (κ1) is 12.3. The molecule has 1 amide bonds. The highest BCUT2D eigenvalue weighted by Gasteiger charge is 2.17. The number of carbonyl (C=O) groups is 1. The molecule has 0 radical (unpaired) electrons.